The summed E-state index contributed by atoms with van der Waals surface area (Å²) in [4.78, 5) is 4.20. The van der Waals surface area contributed by atoms with Crippen LogP contribution in [0.5, 0.6) is 0 Å². The molecule has 1 aromatic heterocycles. The Balaban J connectivity index is 1.86. The maximum atomic E-state index is 12.4. The van der Waals surface area contributed by atoms with Gasteiger partial charge in [0.2, 0.25) is 0 Å². The molecule has 0 unspecified atom stereocenters. The highest BCUT2D eigenvalue weighted by atomic mass is 79.9. The van der Waals surface area contributed by atoms with Crippen molar-refractivity contribution in [3.05, 3.63) is 65.1 Å². The summed E-state index contributed by atoms with van der Waals surface area (Å²) in [5.41, 5.74) is 1.27. The summed E-state index contributed by atoms with van der Waals surface area (Å²) in [6.07, 6.45) is 1.61. The van der Waals surface area contributed by atoms with E-state index in [1.165, 1.54) is 12.1 Å². The molecule has 0 saturated carbocycles. The van der Waals surface area contributed by atoms with Gasteiger partial charge < -0.3 is 4.42 Å². The van der Waals surface area contributed by atoms with Gasteiger partial charge in [0.1, 0.15) is 0 Å². The minimum atomic E-state index is -3.64. The van der Waals surface area contributed by atoms with Gasteiger partial charge in [-0.15, -0.1) is 0 Å². The Labute approximate surface area is 142 Å². The number of hydrogen-bond acceptors (Lipinski definition) is 4. The van der Waals surface area contributed by atoms with Gasteiger partial charge in [-0.25, -0.2) is 13.4 Å². The van der Waals surface area contributed by atoms with Crippen LogP contribution in [0.25, 0.3) is 11.3 Å². The van der Waals surface area contributed by atoms with Crippen molar-refractivity contribution in [2.24, 2.45) is 0 Å². The van der Waals surface area contributed by atoms with Crippen LogP contribution in [0.15, 0.2) is 68.5 Å². The Morgan fingerprint density at radius 1 is 1.13 bits per heavy atom. The first-order valence-electron chi connectivity index (χ1n) is 6.75. The number of aromatic nitrogens is 1. The Hall–Kier alpha value is -2.12. The van der Waals surface area contributed by atoms with Crippen molar-refractivity contribution >= 4 is 31.6 Å². The van der Waals surface area contributed by atoms with E-state index in [-0.39, 0.29) is 4.90 Å². The Morgan fingerprint density at radius 3 is 2.48 bits per heavy atom. The molecule has 0 radical (unpaired) electrons. The van der Waals surface area contributed by atoms with Crippen molar-refractivity contribution in [2.45, 2.75) is 11.8 Å². The molecule has 0 saturated heterocycles. The molecule has 0 bridgehead atoms. The van der Waals surface area contributed by atoms with E-state index >= 15 is 0 Å². The quantitative estimate of drug-likeness (QED) is 0.721. The number of hydrogen-bond donors (Lipinski definition) is 1. The lowest BCUT2D eigenvalue weighted by Gasteiger charge is -2.08. The maximum absolute atomic E-state index is 12.4. The number of sulfonamides is 1. The maximum Gasteiger partial charge on any atom is 0.261 e. The van der Waals surface area contributed by atoms with E-state index in [1.807, 2.05) is 6.07 Å². The van der Waals surface area contributed by atoms with Gasteiger partial charge in [0, 0.05) is 22.6 Å². The predicted octanol–water partition coefficient (Wildman–Crippen LogP) is 4.21. The molecule has 0 fully saturated rings. The predicted molar refractivity (Wildman–Crippen MR) is 91.6 cm³/mol. The van der Waals surface area contributed by atoms with E-state index < -0.39 is 10.0 Å². The zero-order valence-corrected chi connectivity index (χ0v) is 14.6. The smallest absolute Gasteiger partial charge is 0.261 e. The molecule has 118 valence electrons. The van der Waals surface area contributed by atoms with Gasteiger partial charge in [0.25, 0.3) is 10.0 Å². The van der Waals surface area contributed by atoms with Gasteiger partial charge in [-0.2, -0.15) is 0 Å². The molecule has 3 aromatic rings. The van der Waals surface area contributed by atoms with Crippen LogP contribution in [0.2, 0.25) is 0 Å². The summed E-state index contributed by atoms with van der Waals surface area (Å²) < 4.78 is 33.6. The molecule has 0 amide bonds. The topological polar surface area (TPSA) is 72.2 Å². The molecule has 1 heterocycles. The fourth-order valence-corrected chi connectivity index (χ4v) is 3.51. The Bertz CT molecular complexity index is 934. The molecule has 0 spiro atoms. The first-order valence-corrected chi connectivity index (χ1v) is 9.03. The molecule has 0 atom stereocenters. The minimum Gasteiger partial charge on any atom is -0.441 e. The van der Waals surface area contributed by atoms with E-state index in [0.717, 1.165) is 10.0 Å². The normalized spacial score (nSPS) is 11.4. The average Bonchev–Trinajstić information content (AvgIpc) is 2.93. The van der Waals surface area contributed by atoms with E-state index in [0.29, 0.717) is 17.3 Å². The van der Waals surface area contributed by atoms with Crippen LogP contribution in [0, 0.1) is 6.92 Å². The summed E-state index contributed by atoms with van der Waals surface area (Å²) in [6, 6.07) is 13.4. The Morgan fingerprint density at radius 2 is 1.87 bits per heavy atom. The monoisotopic (exact) mass is 392 g/mol. The first-order chi connectivity index (χ1) is 10.9. The number of oxazole rings is 1. The van der Waals surface area contributed by atoms with Gasteiger partial charge in [0.15, 0.2) is 11.7 Å². The van der Waals surface area contributed by atoms with Gasteiger partial charge in [-0.05, 0) is 42.5 Å². The van der Waals surface area contributed by atoms with Crippen molar-refractivity contribution in [3.63, 3.8) is 0 Å². The third-order valence-electron chi connectivity index (χ3n) is 3.15. The molecule has 7 heteroatoms. The highest BCUT2D eigenvalue weighted by Crippen LogP contribution is 2.24. The SMILES string of the molecule is Cc1ncc(-c2ccc(S(=O)(=O)Nc3cccc(Br)c3)cc2)o1. The van der Waals surface area contributed by atoms with Crippen molar-refractivity contribution in [1.29, 1.82) is 0 Å². The first kappa shape index (κ1) is 15.8. The number of nitrogens with one attached hydrogen (secondary N) is 1. The van der Waals surface area contributed by atoms with Crippen molar-refractivity contribution in [1.82, 2.24) is 4.98 Å². The van der Waals surface area contributed by atoms with Crippen LogP contribution in [0.3, 0.4) is 0 Å². The lowest BCUT2D eigenvalue weighted by atomic mass is 10.2. The fourth-order valence-electron chi connectivity index (χ4n) is 2.06. The molecule has 0 aliphatic carbocycles. The summed E-state index contributed by atoms with van der Waals surface area (Å²) >= 11 is 3.31. The molecular weight excluding hydrogens is 380 g/mol. The zero-order valence-electron chi connectivity index (χ0n) is 12.2. The average molecular weight is 393 g/mol. The van der Waals surface area contributed by atoms with Gasteiger partial charge >= 0.3 is 0 Å². The number of rotatable bonds is 4. The molecule has 1 N–H and O–H groups in total. The van der Waals surface area contributed by atoms with Crippen LogP contribution < -0.4 is 4.72 Å². The highest BCUT2D eigenvalue weighted by Gasteiger charge is 2.15. The van der Waals surface area contributed by atoms with E-state index in [1.54, 1.807) is 43.5 Å². The second kappa shape index (κ2) is 6.17. The van der Waals surface area contributed by atoms with Crippen molar-refractivity contribution < 1.29 is 12.8 Å². The van der Waals surface area contributed by atoms with Crippen LogP contribution in [0.1, 0.15) is 5.89 Å². The van der Waals surface area contributed by atoms with E-state index in [9.17, 15) is 8.42 Å². The number of aryl methyl sites for hydroxylation is 1. The lowest BCUT2D eigenvalue weighted by Crippen LogP contribution is -2.12. The summed E-state index contributed by atoms with van der Waals surface area (Å²) in [7, 11) is -3.64. The largest absolute Gasteiger partial charge is 0.441 e. The molecular formula is C16H13BrN2O3S. The van der Waals surface area contributed by atoms with Gasteiger partial charge in [0.05, 0.1) is 11.1 Å². The minimum absolute atomic E-state index is 0.178. The summed E-state index contributed by atoms with van der Waals surface area (Å²) in [5.74, 6) is 1.17. The number of benzene rings is 2. The van der Waals surface area contributed by atoms with Crippen molar-refractivity contribution in [3.8, 4) is 11.3 Å². The molecule has 3 rings (SSSR count). The third kappa shape index (κ3) is 3.62. The van der Waals surface area contributed by atoms with Crippen LogP contribution >= 0.6 is 15.9 Å². The fraction of sp³-hybridized carbons (Fsp3) is 0.0625. The number of anilines is 1. The van der Waals surface area contributed by atoms with Crippen LogP contribution in [-0.2, 0) is 10.0 Å². The number of halogens is 1. The second-order valence-corrected chi connectivity index (χ2v) is 7.48. The standard InChI is InChI=1S/C16H13BrN2O3S/c1-11-18-10-16(22-11)12-5-7-15(8-6-12)23(20,21)19-14-4-2-3-13(17)9-14/h2-10,19H,1H3. The zero-order chi connectivity index (χ0) is 16.4. The molecule has 0 aliphatic rings. The lowest BCUT2D eigenvalue weighted by molar-refractivity contribution is 0.534. The third-order valence-corrected chi connectivity index (χ3v) is 5.04. The molecule has 0 aliphatic heterocycles. The highest BCUT2D eigenvalue weighted by molar-refractivity contribution is 9.10. The van der Waals surface area contributed by atoms with Crippen LogP contribution in [-0.4, -0.2) is 13.4 Å². The summed E-state index contributed by atoms with van der Waals surface area (Å²) in [5, 5.41) is 0. The van der Waals surface area contributed by atoms with Gasteiger partial charge in [-0.3, -0.25) is 4.72 Å². The second-order valence-electron chi connectivity index (χ2n) is 4.88. The molecule has 5 nitrogen and oxygen atoms in total. The molecule has 2 aromatic carbocycles. The number of nitrogens with zero attached hydrogens (tertiary/aromatic N) is 1. The van der Waals surface area contributed by atoms with Crippen LogP contribution in [0.4, 0.5) is 5.69 Å². The summed E-state index contributed by atoms with van der Waals surface area (Å²) in [6.45, 7) is 1.75. The van der Waals surface area contributed by atoms with Gasteiger partial charge in [-0.1, -0.05) is 22.0 Å². The van der Waals surface area contributed by atoms with E-state index in [4.69, 9.17) is 4.42 Å². The molecule has 23 heavy (non-hydrogen) atoms. The Kier molecular flexibility index (Phi) is 4.23. The van der Waals surface area contributed by atoms with Crippen molar-refractivity contribution in [2.75, 3.05) is 4.72 Å². The van der Waals surface area contributed by atoms with E-state index in [2.05, 4.69) is 25.6 Å².